The molecule has 1 amide bonds. The second kappa shape index (κ2) is 7.00. The Morgan fingerprint density at radius 2 is 2.09 bits per heavy atom. The van der Waals surface area contributed by atoms with Gasteiger partial charge in [0.2, 0.25) is 5.91 Å². The number of benzene rings is 1. The smallest absolute Gasteiger partial charge is 0.224 e. The predicted molar refractivity (Wildman–Crippen MR) is 89.4 cm³/mol. The molecule has 1 aliphatic carbocycles. The Hall–Kier alpha value is -1.42. The van der Waals surface area contributed by atoms with Crippen LogP contribution in [0, 0.1) is 11.7 Å². The van der Waals surface area contributed by atoms with Crippen LogP contribution in [0.15, 0.2) is 24.3 Å². The van der Waals surface area contributed by atoms with Crippen LogP contribution in [0.5, 0.6) is 0 Å². The lowest BCUT2D eigenvalue weighted by Gasteiger charge is -2.34. The predicted octanol–water partition coefficient (Wildman–Crippen LogP) is 3.27. The van der Waals surface area contributed by atoms with Gasteiger partial charge in [-0.2, -0.15) is 0 Å². The van der Waals surface area contributed by atoms with Crippen molar-refractivity contribution in [2.45, 2.75) is 70.0 Å². The van der Waals surface area contributed by atoms with Crippen LogP contribution in [0.2, 0.25) is 0 Å². The quantitative estimate of drug-likeness (QED) is 0.926. The number of rotatable bonds is 4. The fourth-order valence-corrected chi connectivity index (χ4v) is 4.49. The highest BCUT2D eigenvalue weighted by atomic mass is 19.1. The number of nitrogens with zero attached hydrogens (tertiary/aromatic N) is 1. The first kappa shape index (κ1) is 16.4. The van der Waals surface area contributed by atoms with E-state index >= 15 is 0 Å². The Kier molecular flexibility index (Phi) is 5.00. The van der Waals surface area contributed by atoms with Crippen LogP contribution in [0.4, 0.5) is 4.39 Å². The van der Waals surface area contributed by atoms with E-state index in [4.69, 9.17) is 5.73 Å². The molecule has 3 rings (SSSR count). The van der Waals surface area contributed by atoms with Gasteiger partial charge in [0.05, 0.1) is 0 Å². The van der Waals surface area contributed by atoms with Gasteiger partial charge in [-0.15, -0.1) is 0 Å². The first-order chi connectivity index (χ1) is 11.1. The lowest BCUT2D eigenvalue weighted by Crippen LogP contribution is -2.44. The molecule has 0 aromatic heterocycles. The van der Waals surface area contributed by atoms with Gasteiger partial charge in [-0.1, -0.05) is 31.0 Å². The average molecular weight is 318 g/mol. The third kappa shape index (κ3) is 3.57. The van der Waals surface area contributed by atoms with E-state index in [0.717, 1.165) is 12.8 Å². The van der Waals surface area contributed by atoms with Crippen molar-refractivity contribution in [3.63, 3.8) is 0 Å². The highest BCUT2D eigenvalue weighted by molar-refractivity contribution is 5.78. The minimum Gasteiger partial charge on any atom is -0.337 e. The van der Waals surface area contributed by atoms with Gasteiger partial charge in [-0.05, 0) is 50.2 Å². The Morgan fingerprint density at radius 3 is 2.87 bits per heavy atom. The standard InChI is InChI=1S/C19H27FN2O/c1-13-10-15-7-3-5-9-18(15)22(13)19(23)12-16(21)11-14-6-2-4-8-17(14)20/h2,4,6,8,13,15-16,18H,3,5,7,9-12,21H2,1H3/t13?,15?,16-,18?/m1/s1. The molecule has 3 nitrogen and oxygen atoms in total. The molecular formula is C19H27FN2O. The maximum atomic E-state index is 13.7. The summed E-state index contributed by atoms with van der Waals surface area (Å²) < 4.78 is 13.7. The van der Waals surface area contributed by atoms with E-state index in [1.807, 2.05) is 6.07 Å². The molecule has 2 aliphatic rings. The van der Waals surface area contributed by atoms with E-state index in [0.29, 0.717) is 36.4 Å². The van der Waals surface area contributed by atoms with E-state index in [1.54, 1.807) is 12.1 Å². The lowest BCUT2D eigenvalue weighted by atomic mass is 9.85. The molecule has 4 heteroatoms. The highest BCUT2D eigenvalue weighted by Crippen LogP contribution is 2.39. The molecule has 1 saturated heterocycles. The Morgan fingerprint density at radius 1 is 1.35 bits per heavy atom. The fourth-order valence-electron chi connectivity index (χ4n) is 4.49. The summed E-state index contributed by atoms with van der Waals surface area (Å²) in [5, 5.41) is 0. The van der Waals surface area contributed by atoms with Gasteiger partial charge in [0.25, 0.3) is 0 Å². The summed E-state index contributed by atoms with van der Waals surface area (Å²) in [7, 11) is 0. The number of amides is 1. The van der Waals surface area contributed by atoms with Gasteiger partial charge < -0.3 is 10.6 Å². The van der Waals surface area contributed by atoms with Gasteiger partial charge in [0, 0.05) is 24.5 Å². The minimum atomic E-state index is -0.325. The monoisotopic (exact) mass is 318 g/mol. The van der Waals surface area contributed by atoms with Crippen molar-refractivity contribution < 1.29 is 9.18 Å². The van der Waals surface area contributed by atoms with E-state index < -0.39 is 0 Å². The van der Waals surface area contributed by atoms with Crippen molar-refractivity contribution in [1.82, 2.24) is 4.90 Å². The summed E-state index contributed by atoms with van der Waals surface area (Å²) in [6, 6.07) is 7.07. The molecular weight excluding hydrogens is 291 g/mol. The van der Waals surface area contributed by atoms with E-state index in [9.17, 15) is 9.18 Å². The van der Waals surface area contributed by atoms with Gasteiger partial charge in [-0.25, -0.2) is 4.39 Å². The van der Waals surface area contributed by atoms with Gasteiger partial charge in [-0.3, -0.25) is 4.79 Å². The zero-order valence-corrected chi connectivity index (χ0v) is 13.9. The summed E-state index contributed by atoms with van der Waals surface area (Å²) in [6.45, 7) is 2.15. The summed E-state index contributed by atoms with van der Waals surface area (Å²) in [4.78, 5) is 14.8. The van der Waals surface area contributed by atoms with Gasteiger partial charge in [0.15, 0.2) is 0 Å². The fraction of sp³-hybridized carbons (Fsp3) is 0.632. The zero-order valence-electron chi connectivity index (χ0n) is 13.9. The van der Waals surface area contributed by atoms with Crippen LogP contribution < -0.4 is 5.73 Å². The van der Waals surface area contributed by atoms with Crippen molar-refractivity contribution in [2.24, 2.45) is 11.7 Å². The van der Waals surface area contributed by atoms with Crippen molar-refractivity contribution in [3.8, 4) is 0 Å². The molecule has 1 aromatic carbocycles. The molecule has 3 unspecified atom stereocenters. The van der Waals surface area contributed by atoms with Crippen LogP contribution in [-0.4, -0.2) is 28.9 Å². The first-order valence-corrected chi connectivity index (χ1v) is 8.86. The Labute approximate surface area is 138 Å². The molecule has 0 spiro atoms. The summed E-state index contributed by atoms with van der Waals surface area (Å²) in [6.07, 6.45) is 6.74. The number of hydrogen-bond acceptors (Lipinski definition) is 2. The van der Waals surface area contributed by atoms with Crippen LogP contribution in [0.1, 0.15) is 51.0 Å². The van der Waals surface area contributed by atoms with Crippen LogP contribution >= 0.6 is 0 Å². The van der Waals surface area contributed by atoms with Gasteiger partial charge in [0.1, 0.15) is 5.82 Å². The summed E-state index contributed by atoms with van der Waals surface area (Å²) in [5.41, 5.74) is 6.74. The molecule has 1 aliphatic heterocycles. The molecule has 1 saturated carbocycles. The maximum Gasteiger partial charge on any atom is 0.224 e. The Bertz CT molecular complexity index is 562. The number of halogens is 1. The van der Waals surface area contributed by atoms with E-state index in [2.05, 4.69) is 11.8 Å². The molecule has 23 heavy (non-hydrogen) atoms. The molecule has 0 bridgehead atoms. The zero-order chi connectivity index (χ0) is 16.4. The van der Waals surface area contributed by atoms with Crippen LogP contribution in [0.3, 0.4) is 0 Å². The third-order valence-corrected chi connectivity index (χ3v) is 5.51. The van der Waals surface area contributed by atoms with Crippen molar-refractivity contribution in [2.75, 3.05) is 0 Å². The van der Waals surface area contributed by atoms with E-state index in [1.165, 1.54) is 25.3 Å². The normalized spacial score (nSPS) is 28.5. The van der Waals surface area contributed by atoms with Crippen molar-refractivity contribution >= 4 is 5.91 Å². The molecule has 4 atom stereocenters. The SMILES string of the molecule is CC1CC2CCCCC2N1C(=O)C[C@H](N)Cc1ccccc1F. The molecule has 1 heterocycles. The maximum absolute atomic E-state index is 13.7. The second-order valence-corrected chi connectivity index (χ2v) is 7.26. The molecule has 1 aromatic rings. The third-order valence-electron chi connectivity index (χ3n) is 5.51. The van der Waals surface area contributed by atoms with Gasteiger partial charge >= 0.3 is 0 Å². The summed E-state index contributed by atoms with van der Waals surface area (Å²) >= 11 is 0. The van der Waals surface area contributed by atoms with E-state index in [-0.39, 0.29) is 17.8 Å². The highest BCUT2D eigenvalue weighted by Gasteiger charge is 2.42. The number of hydrogen-bond donors (Lipinski definition) is 1. The number of nitrogens with two attached hydrogens (primary N) is 1. The average Bonchev–Trinajstić information content (AvgIpc) is 2.85. The van der Waals surface area contributed by atoms with Crippen LogP contribution in [-0.2, 0) is 11.2 Å². The molecule has 0 radical (unpaired) electrons. The largest absolute Gasteiger partial charge is 0.337 e. The number of likely N-dealkylation sites (tertiary alicyclic amines) is 1. The molecule has 126 valence electrons. The topological polar surface area (TPSA) is 46.3 Å². The molecule has 2 N–H and O–H groups in total. The number of carbonyl (C=O) groups is 1. The van der Waals surface area contributed by atoms with Crippen molar-refractivity contribution in [3.05, 3.63) is 35.6 Å². The number of fused-ring (bicyclic) bond motifs is 1. The van der Waals surface area contributed by atoms with Crippen LogP contribution in [0.25, 0.3) is 0 Å². The van der Waals surface area contributed by atoms with Crippen molar-refractivity contribution in [1.29, 1.82) is 0 Å². The molecule has 2 fully saturated rings. The Balaban J connectivity index is 1.61. The summed E-state index contributed by atoms with van der Waals surface area (Å²) in [5.74, 6) is 0.582. The minimum absolute atomic E-state index is 0.149. The first-order valence-electron chi connectivity index (χ1n) is 8.86. The second-order valence-electron chi connectivity index (χ2n) is 7.26. The number of carbonyl (C=O) groups excluding carboxylic acids is 1. The lowest BCUT2D eigenvalue weighted by molar-refractivity contribution is -0.134.